The van der Waals surface area contributed by atoms with Crippen LogP contribution in [-0.4, -0.2) is 407 Å². The molecule has 4 aromatic carbocycles. The molecule has 0 saturated carbocycles. The Morgan fingerprint density at radius 3 is 0.792 bits per heavy atom. The van der Waals surface area contributed by atoms with E-state index in [9.17, 15) is 95.9 Å². The van der Waals surface area contributed by atoms with E-state index in [1.165, 1.54) is 114 Å². The highest BCUT2D eigenvalue weighted by molar-refractivity contribution is 8.77. The maximum atomic E-state index is 14.7. The van der Waals surface area contributed by atoms with Crippen LogP contribution in [0.5, 0.6) is 0 Å². The van der Waals surface area contributed by atoms with Gasteiger partial charge in [0.1, 0.15) is 83.2 Å². The summed E-state index contributed by atoms with van der Waals surface area (Å²) in [7, 11) is 15.0. The molecule has 0 spiro atoms. The fourth-order valence-electron chi connectivity index (χ4n) is 13.9. The van der Waals surface area contributed by atoms with Crippen LogP contribution in [-0.2, 0) is 76.7 Å². The Morgan fingerprint density at radius 2 is 0.556 bits per heavy atom. The maximum Gasteiger partial charge on any atom is 0.272 e. The van der Waals surface area contributed by atoms with Crippen LogP contribution >= 0.6 is 114 Å². The van der Waals surface area contributed by atoms with Gasteiger partial charge in [-0.15, -0.1) is 0 Å². The average Bonchev–Trinajstić information content (AvgIpc) is 0.831. The lowest BCUT2D eigenvalue weighted by atomic mass is 10.2. The van der Waals surface area contributed by atoms with Crippen LogP contribution in [0.3, 0.4) is 0 Å². The Kier molecular flexibility index (Phi) is 41.0. The number of nitrogens with one attached hydrogen (secondary N) is 8. The second-order valence-electron chi connectivity index (χ2n) is 32.2. The number of carbonyl (C=O) groups excluding carboxylic acids is 20. The summed E-state index contributed by atoms with van der Waals surface area (Å²) in [4.78, 5) is 322. The van der Waals surface area contributed by atoms with E-state index in [0.29, 0.717) is 91.2 Å². The summed E-state index contributed by atoms with van der Waals surface area (Å²) in [6.07, 6.45) is 8.36. The van der Waals surface area contributed by atoms with Crippen LogP contribution in [0.1, 0.15) is 47.7 Å². The zero-order chi connectivity index (χ0) is 104. The molecule has 44 nitrogen and oxygen atoms in total. The second kappa shape index (κ2) is 52.8. The number of para-hydroxylation sites is 8. The van der Waals surface area contributed by atoms with Crippen LogP contribution in [0.2, 0.25) is 0 Å². The number of amides is 16. The van der Waals surface area contributed by atoms with E-state index >= 15 is 0 Å². The van der Waals surface area contributed by atoms with Crippen molar-refractivity contribution in [2.75, 3.05) is 153 Å². The monoisotopic (exact) mass is 2170 g/mol. The minimum atomic E-state index is -1.48. The molecule has 144 heavy (non-hydrogen) atoms. The number of fused-ring (bicyclic) bond motifs is 14. The average molecular weight is 2170 g/mol. The first kappa shape index (κ1) is 112. The predicted octanol–water partition coefficient (Wildman–Crippen LogP) is 1.88. The molecule has 16 amide bonds. The topological polar surface area (TPSA) is 567 Å². The Labute approximate surface area is 872 Å². The van der Waals surface area contributed by atoms with Crippen molar-refractivity contribution in [2.45, 2.75) is 60.4 Å². The van der Waals surface area contributed by atoms with Gasteiger partial charge in [0.25, 0.3) is 35.4 Å². The van der Waals surface area contributed by atoms with Crippen molar-refractivity contribution >= 4 is 273 Å². The standard InChI is InChI=1S/C46H54N12O10S6.C44H46N12O10S4.4H2/c1-55-33-23-73-74-24-34(44(66)58(4)36(22-70-6)46(68)72-19-31(39(61)49-17-37(55)59)53-41(63)29-15-47-25-11-7-9-13-27(25)51-29)56(2)38(60)18-50-40(62)32(20-71-45(67)35(21-69-5)57(3)43(33)65)54-42(64)30-16-48-26-12-8-10-14-28(26)52-30;1-23-43(65)67-19-31(51-39(61)29-15-45-25-11-7-9-13-27(25)49-29)37(59)47-18-36(58)56(6)34-22-70-69-21-33(41(63)53(23)3)55(5)35(57)17-48-38(60)32(20-68-44(66)24(2)54(4)42(34)64)52-40(62)30-16-46-26-12-8-10-14-28(26)50-30;;;;/h7-16,31-36H,17-24H2,1-6H3,(H,49,61)(H,50,62)(H,53,63)(H,54,64);7-16,31-34H,1-2,17-22H2,3-6H3,(H,47,59)(H,48,60)(H,51,61)(H,52,62);4*1H/t31-,32-,33+,34+,35+,36+;31-,32-,33+,34+;;;;/m11..../s1/i;;4*1+1. The number of thioether (sulfide) groups is 6. The van der Waals surface area contributed by atoms with Crippen LogP contribution in [0, 0.1) is 0 Å². The molecule has 0 unspecified atom stereocenters. The molecule has 768 valence electrons. The molecule has 4 aliphatic heterocycles. The van der Waals surface area contributed by atoms with Crippen molar-refractivity contribution in [2.24, 2.45) is 0 Å². The number of hydrogen-bond acceptors (Lipinski definition) is 38. The van der Waals surface area contributed by atoms with Crippen LogP contribution in [0.15, 0.2) is 146 Å². The van der Waals surface area contributed by atoms with Gasteiger partial charge in [-0.1, -0.05) is 152 Å². The smallest absolute Gasteiger partial charge is 0.272 e. The van der Waals surface area contributed by atoms with Gasteiger partial charge in [0.2, 0.25) is 79.5 Å². The molecule has 4 aliphatic rings. The first-order valence-electron chi connectivity index (χ1n) is 43.6. The van der Waals surface area contributed by atoms with Gasteiger partial charge in [-0.3, -0.25) is 116 Å². The summed E-state index contributed by atoms with van der Waals surface area (Å²) < 4.78 is 0. The first-order chi connectivity index (χ1) is 68.8. The molecular formula is C90H108N24O20S10. The normalized spacial score (nSPS) is 22.4. The maximum absolute atomic E-state index is 14.7. The highest BCUT2D eigenvalue weighted by Gasteiger charge is 2.43. The van der Waals surface area contributed by atoms with Crippen molar-refractivity contribution < 1.29 is 102 Å². The van der Waals surface area contributed by atoms with Crippen LogP contribution in [0.25, 0.3) is 44.1 Å². The van der Waals surface area contributed by atoms with E-state index in [-0.39, 0.29) is 85.9 Å². The van der Waals surface area contributed by atoms with E-state index < -0.39 is 213 Å². The molecule has 0 aliphatic carbocycles. The van der Waals surface area contributed by atoms with Crippen molar-refractivity contribution in [1.82, 2.24) is 122 Å². The lowest BCUT2D eigenvalue weighted by Gasteiger charge is -2.35. The zero-order valence-corrected chi connectivity index (χ0v) is 87.2. The molecular weight excluding hydrogens is 2060 g/mol. The summed E-state index contributed by atoms with van der Waals surface area (Å²) in [5.41, 5.74) is 2.43. The van der Waals surface area contributed by atoms with Gasteiger partial charge in [0.15, 0.2) is 0 Å². The third-order valence-electron chi connectivity index (χ3n) is 22.8. The van der Waals surface area contributed by atoms with Crippen LogP contribution < -0.4 is 42.5 Å². The Morgan fingerprint density at radius 1 is 0.333 bits per heavy atom. The minimum Gasteiger partial charge on any atom is -0.345 e. The van der Waals surface area contributed by atoms with Gasteiger partial charge in [-0.25, -0.2) is 19.9 Å². The van der Waals surface area contributed by atoms with Gasteiger partial charge >= 0.3 is 0 Å². The molecule has 10 atom stereocenters. The van der Waals surface area contributed by atoms with Crippen molar-refractivity contribution in [1.29, 1.82) is 0 Å². The third-order valence-corrected chi connectivity index (χ3v) is 33.0. The fraction of sp³-hybridized carbons (Fsp3) is 0.378. The molecule has 4 aromatic heterocycles. The lowest BCUT2D eigenvalue weighted by molar-refractivity contribution is -0.144. The Balaban J connectivity index is 0.000000391. The summed E-state index contributed by atoms with van der Waals surface area (Å²) in [6.45, 7) is 4.94. The third kappa shape index (κ3) is 29.0. The van der Waals surface area contributed by atoms with Gasteiger partial charge in [-0.05, 0) is 61.0 Å². The first-order valence-corrected chi connectivity index (χ1v) is 55.3. The molecule has 12 rings (SSSR count). The van der Waals surface area contributed by atoms with E-state index in [1.54, 1.807) is 110 Å². The highest BCUT2D eigenvalue weighted by atomic mass is 33.1. The quantitative estimate of drug-likeness (QED) is 0.0639. The molecule has 54 heteroatoms. The summed E-state index contributed by atoms with van der Waals surface area (Å²) in [5.74, 6) is -14.5. The lowest BCUT2D eigenvalue weighted by Crippen LogP contribution is -2.57. The summed E-state index contributed by atoms with van der Waals surface area (Å²) in [5, 5.41) is 17.7. The van der Waals surface area contributed by atoms with E-state index in [2.05, 4.69) is 95.6 Å². The summed E-state index contributed by atoms with van der Waals surface area (Å²) >= 11 is 4.95. The number of likely N-dealkylation sites (N-methyl/N-ethyl adjacent to an activating group) is 8. The predicted molar refractivity (Wildman–Crippen MR) is 563 cm³/mol. The largest absolute Gasteiger partial charge is 0.345 e. The van der Waals surface area contributed by atoms with E-state index in [1.807, 2.05) is 0 Å². The minimum absolute atomic E-state index is 0. The number of rotatable bonds is 12. The van der Waals surface area contributed by atoms with Gasteiger partial charge < -0.3 is 81.7 Å². The highest BCUT2D eigenvalue weighted by Crippen LogP contribution is 2.32. The number of benzene rings is 4. The van der Waals surface area contributed by atoms with Gasteiger partial charge in [0.05, 0.1) is 106 Å². The molecule has 4 bridgehead atoms. The molecule has 8 aromatic rings. The van der Waals surface area contributed by atoms with Crippen molar-refractivity contribution in [3.63, 3.8) is 0 Å². The number of nitrogens with zero attached hydrogens (tertiary/aromatic N) is 16. The fourth-order valence-corrected chi connectivity index (χ4v) is 24.2. The van der Waals surface area contributed by atoms with Crippen LogP contribution in [0.4, 0.5) is 0 Å². The molecule has 4 saturated heterocycles. The van der Waals surface area contributed by atoms with E-state index in [4.69, 9.17) is 0 Å². The number of hydrogen-bond donors (Lipinski definition) is 8. The zero-order valence-electron chi connectivity index (χ0n) is 79.0. The molecule has 8 heterocycles. The second-order valence-corrected chi connectivity index (χ2v) is 43.1. The van der Waals surface area contributed by atoms with Gasteiger partial charge in [0, 0.05) is 120 Å². The molecule has 4 fully saturated rings. The molecule has 0 radical (unpaired) electrons. The number of aromatic nitrogens is 8. The number of carbonyl (C=O) groups is 20. The summed E-state index contributed by atoms with van der Waals surface area (Å²) in [6, 6.07) is 14.0. The Bertz CT molecular complexity index is 6020. The van der Waals surface area contributed by atoms with Crippen molar-refractivity contribution in [3.8, 4) is 0 Å². The Hall–Kier alpha value is -12.6. The van der Waals surface area contributed by atoms with Gasteiger partial charge in [-0.2, -0.15) is 23.5 Å². The van der Waals surface area contributed by atoms with E-state index in [0.717, 1.165) is 72.6 Å². The SMILES string of the molecule is C=C1C(=O)SC[C@@H](NC(=O)c2cnc3ccccc3n2)C(=O)NCC(=O)N(C)[C@H]2CSSC[C@@H](C(=O)N1C)N(C)C(=O)CNC(=O)[C@H](NC(=O)c1cnc3ccccc3n1)CSC(=O)C(=C)N(C)C2=O.CSC[C@H]1C(=O)SC[C@@H](NC(=O)c2cnc3ccccc3n2)C(=O)NCC(=O)N(C)[C@H]2CSSC[C@@H](C(=O)N1C)N(C)C(=O)CNC(=O)[C@H](NC(=O)c1cnc3ccccc3n1)CSC(=O)[C@H](CSC)N(C)C2=O.[2HH].[2HH].[2HH].[2HH]. The molecule has 8 N–H and O–H groups in total. The van der Waals surface area contributed by atoms with Crippen molar-refractivity contribution in [3.05, 3.63) is 169 Å².